The monoisotopic (exact) mass is 333 g/mol. The zero-order valence-electron chi connectivity index (χ0n) is 13.9. The van der Waals surface area contributed by atoms with Crippen molar-refractivity contribution in [3.05, 3.63) is 30.1 Å². The molecule has 1 amide bonds. The van der Waals surface area contributed by atoms with Crippen molar-refractivity contribution in [1.29, 1.82) is 0 Å². The minimum absolute atomic E-state index is 0.0246. The van der Waals surface area contributed by atoms with Gasteiger partial charge in [0.2, 0.25) is 5.91 Å². The molecule has 2 aliphatic heterocycles. The molecule has 7 nitrogen and oxygen atoms in total. The topological polar surface area (TPSA) is 89.5 Å². The lowest BCUT2D eigenvalue weighted by molar-refractivity contribution is -0.123. The van der Waals surface area contributed by atoms with Crippen LogP contribution in [0.15, 0.2) is 24.5 Å². The quantitative estimate of drug-likeness (QED) is 0.584. The van der Waals surface area contributed by atoms with Gasteiger partial charge in [-0.3, -0.25) is 14.7 Å². The molecule has 24 heavy (non-hydrogen) atoms. The molecular weight excluding hydrogens is 306 g/mol. The highest BCUT2D eigenvalue weighted by Gasteiger charge is 2.30. The molecular formula is C17H27N5O2. The molecule has 1 aromatic heterocycles. The number of carbonyl (C=O) groups is 1. The second kappa shape index (κ2) is 8.53. The molecule has 3 rings (SSSR count). The van der Waals surface area contributed by atoms with Gasteiger partial charge in [-0.2, -0.15) is 0 Å². The molecule has 2 fully saturated rings. The maximum absolute atomic E-state index is 12.3. The number of amides is 1. The summed E-state index contributed by atoms with van der Waals surface area (Å²) in [4.78, 5) is 18.6. The van der Waals surface area contributed by atoms with Crippen LogP contribution >= 0.6 is 0 Å². The Morgan fingerprint density at radius 1 is 1.33 bits per heavy atom. The Morgan fingerprint density at radius 2 is 2.17 bits per heavy atom. The lowest BCUT2D eigenvalue weighted by Crippen LogP contribution is -2.48. The minimum Gasteiger partial charge on any atom is -0.395 e. The van der Waals surface area contributed by atoms with Gasteiger partial charge in [0.1, 0.15) is 6.04 Å². The normalized spacial score (nSPS) is 28.0. The standard InChI is InChI=1S/C17H27N5O2/c23-12-14-3-1-2-9-22(14)10-8-19-17(24)16-11-15(20-21-16)13-4-6-18-7-5-13/h4-7,14-16,20-21,23H,1-3,8-12H2,(H,19,24). The summed E-state index contributed by atoms with van der Waals surface area (Å²) in [5.74, 6) is 0.0246. The van der Waals surface area contributed by atoms with Crippen LogP contribution in [0, 0.1) is 0 Å². The van der Waals surface area contributed by atoms with Gasteiger partial charge >= 0.3 is 0 Å². The second-order valence-electron chi connectivity index (χ2n) is 6.57. The maximum atomic E-state index is 12.3. The number of pyridine rings is 1. The van der Waals surface area contributed by atoms with Gasteiger partial charge in [-0.25, -0.2) is 10.9 Å². The summed E-state index contributed by atoms with van der Waals surface area (Å²) in [5, 5.41) is 12.4. The average Bonchev–Trinajstić information content (AvgIpc) is 3.13. The summed E-state index contributed by atoms with van der Waals surface area (Å²) < 4.78 is 0. The van der Waals surface area contributed by atoms with Gasteiger partial charge in [0.05, 0.1) is 6.61 Å². The fraction of sp³-hybridized carbons (Fsp3) is 0.647. The second-order valence-corrected chi connectivity index (χ2v) is 6.57. The summed E-state index contributed by atoms with van der Waals surface area (Å²) in [5.41, 5.74) is 7.39. The van der Waals surface area contributed by atoms with Gasteiger partial charge < -0.3 is 10.4 Å². The van der Waals surface area contributed by atoms with Crippen LogP contribution in [0.3, 0.4) is 0 Å². The summed E-state index contributed by atoms with van der Waals surface area (Å²) >= 11 is 0. The van der Waals surface area contributed by atoms with Crippen LogP contribution in [0.2, 0.25) is 0 Å². The van der Waals surface area contributed by atoms with E-state index in [-0.39, 0.29) is 30.6 Å². The third kappa shape index (κ3) is 4.30. The molecule has 0 radical (unpaired) electrons. The zero-order chi connectivity index (χ0) is 16.8. The van der Waals surface area contributed by atoms with E-state index in [1.807, 2.05) is 12.1 Å². The van der Waals surface area contributed by atoms with Crippen LogP contribution < -0.4 is 16.2 Å². The summed E-state index contributed by atoms with van der Waals surface area (Å²) in [6.07, 6.45) is 7.65. The lowest BCUT2D eigenvalue weighted by Gasteiger charge is -2.34. The molecule has 3 atom stereocenters. The van der Waals surface area contributed by atoms with Crippen molar-refractivity contribution in [2.24, 2.45) is 0 Å². The van der Waals surface area contributed by atoms with Crippen molar-refractivity contribution in [3.63, 3.8) is 0 Å². The van der Waals surface area contributed by atoms with E-state index >= 15 is 0 Å². The van der Waals surface area contributed by atoms with E-state index in [1.54, 1.807) is 12.4 Å². The van der Waals surface area contributed by atoms with E-state index in [4.69, 9.17) is 0 Å². The number of aromatic nitrogens is 1. The lowest BCUT2D eigenvalue weighted by atomic mass is 10.0. The molecule has 3 unspecified atom stereocenters. The number of hydrazine groups is 1. The van der Waals surface area contributed by atoms with E-state index in [2.05, 4.69) is 26.1 Å². The number of likely N-dealkylation sites (tertiary alicyclic amines) is 1. The van der Waals surface area contributed by atoms with Crippen LogP contribution in [-0.2, 0) is 4.79 Å². The van der Waals surface area contributed by atoms with Gasteiger partial charge in [-0.15, -0.1) is 0 Å². The number of piperidine rings is 1. The van der Waals surface area contributed by atoms with Crippen molar-refractivity contribution < 1.29 is 9.90 Å². The molecule has 2 saturated heterocycles. The largest absolute Gasteiger partial charge is 0.395 e. The summed E-state index contributed by atoms with van der Waals surface area (Å²) in [6.45, 7) is 2.63. The molecule has 132 valence electrons. The zero-order valence-corrected chi connectivity index (χ0v) is 13.9. The highest BCUT2D eigenvalue weighted by molar-refractivity contribution is 5.82. The van der Waals surface area contributed by atoms with Gasteiger partial charge in [-0.1, -0.05) is 6.42 Å². The highest BCUT2D eigenvalue weighted by Crippen LogP contribution is 2.21. The third-order valence-electron chi connectivity index (χ3n) is 4.99. The highest BCUT2D eigenvalue weighted by atomic mass is 16.3. The first-order valence-corrected chi connectivity index (χ1v) is 8.81. The number of rotatable bonds is 6. The van der Waals surface area contributed by atoms with Crippen LogP contribution in [0.5, 0.6) is 0 Å². The molecule has 0 saturated carbocycles. The van der Waals surface area contributed by atoms with Crippen molar-refractivity contribution in [3.8, 4) is 0 Å². The van der Waals surface area contributed by atoms with E-state index in [0.29, 0.717) is 6.54 Å². The van der Waals surface area contributed by atoms with Gasteiger partial charge in [0.15, 0.2) is 0 Å². The predicted molar refractivity (Wildman–Crippen MR) is 91.0 cm³/mol. The molecule has 0 spiro atoms. The number of aliphatic hydroxyl groups is 1. The minimum atomic E-state index is -0.224. The van der Waals surface area contributed by atoms with Crippen LogP contribution in [0.25, 0.3) is 0 Å². The third-order valence-corrected chi connectivity index (χ3v) is 4.99. The number of aliphatic hydroxyl groups excluding tert-OH is 1. The average molecular weight is 333 g/mol. The Morgan fingerprint density at radius 3 is 2.96 bits per heavy atom. The van der Waals surface area contributed by atoms with Crippen molar-refractivity contribution in [1.82, 2.24) is 26.1 Å². The van der Waals surface area contributed by atoms with Gasteiger partial charge in [-0.05, 0) is 43.5 Å². The molecule has 4 N–H and O–H groups in total. The Kier molecular flexibility index (Phi) is 6.14. The van der Waals surface area contributed by atoms with Crippen LogP contribution in [0.4, 0.5) is 0 Å². The Labute approximate surface area is 142 Å². The fourth-order valence-corrected chi connectivity index (χ4v) is 3.55. The molecule has 3 heterocycles. The predicted octanol–water partition coefficient (Wildman–Crippen LogP) is -0.0478. The van der Waals surface area contributed by atoms with Gasteiger partial charge in [0.25, 0.3) is 0 Å². The molecule has 7 heteroatoms. The Bertz CT molecular complexity index is 527. The van der Waals surface area contributed by atoms with Gasteiger partial charge in [0, 0.05) is 37.6 Å². The number of hydrogen-bond donors (Lipinski definition) is 4. The first-order chi connectivity index (χ1) is 11.8. The van der Waals surface area contributed by atoms with Crippen LogP contribution in [-0.4, -0.2) is 59.2 Å². The number of hydrogen-bond acceptors (Lipinski definition) is 6. The molecule has 2 aliphatic rings. The smallest absolute Gasteiger partial charge is 0.238 e. The van der Waals surface area contributed by atoms with E-state index in [0.717, 1.165) is 31.5 Å². The van der Waals surface area contributed by atoms with E-state index in [9.17, 15) is 9.90 Å². The van der Waals surface area contributed by atoms with Crippen LogP contribution in [0.1, 0.15) is 37.3 Å². The van der Waals surface area contributed by atoms with E-state index in [1.165, 1.54) is 12.8 Å². The fourth-order valence-electron chi connectivity index (χ4n) is 3.55. The molecule has 0 bridgehead atoms. The maximum Gasteiger partial charge on any atom is 0.238 e. The van der Waals surface area contributed by atoms with Crippen molar-refractivity contribution in [2.75, 3.05) is 26.2 Å². The number of nitrogens with zero attached hydrogens (tertiary/aromatic N) is 2. The van der Waals surface area contributed by atoms with Crippen molar-refractivity contribution >= 4 is 5.91 Å². The molecule has 0 aliphatic carbocycles. The van der Waals surface area contributed by atoms with E-state index < -0.39 is 0 Å². The Balaban J connectivity index is 1.41. The van der Waals surface area contributed by atoms with Crippen molar-refractivity contribution in [2.45, 2.75) is 43.8 Å². The first-order valence-electron chi connectivity index (χ1n) is 8.81. The Hall–Kier alpha value is -1.54. The summed E-state index contributed by atoms with van der Waals surface area (Å²) in [7, 11) is 0. The number of carbonyl (C=O) groups excluding carboxylic acids is 1. The summed E-state index contributed by atoms with van der Waals surface area (Å²) in [6, 6.07) is 4.08. The molecule has 0 aromatic carbocycles. The number of nitrogens with one attached hydrogen (secondary N) is 3. The first kappa shape index (κ1) is 17.3. The molecule has 1 aromatic rings. The SMILES string of the molecule is O=C(NCCN1CCCCC1CO)C1CC(c2ccncc2)NN1.